The van der Waals surface area contributed by atoms with Crippen LogP contribution in [0.15, 0.2) is 35.5 Å². The Morgan fingerprint density at radius 1 is 1.22 bits per heavy atom. The number of benzene rings is 1. The average Bonchev–Trinajstić information content (AvgIpc) is 3.04. The van der Waals surface area contributed by atoms with Gasteiger partial charge in [-0.1, -0.05) is 13.5 Å². The molecule has 1 aromatic heterocycles. The van der Waals surface area contributed by atoms with Crippen LogP contribution in [-0.4, -0.2) is 35.1 Å². The zero-order chi connectivity index (χ0) is 18.7. The van der Waals surface area contributed by atoms with Crippen LogP contribution in [0, 0.1) is 0 Å². The van der Waals surface area contributed by atoms with Crippen molar-refractivity contribution in [3.63, 3.8) is 0 Å². The third kappa shape index (κ3) is 4.60. The smallest absolute Gasteiger partial charge is 0.387 e. The van der Waals surface area contributed by atoms with E-state index in [0.29, 0.717) is 34.3 Å². The Balaban J connectivity index is 0.00000261. The summed E-state index contributed by atoms with van der Waals surface area (Å²) in [6.45, 7) is -2.90. The first kappa shape index (κ1) is 20.8. The summed E-state index contributed by atoms with van der Waals surface area (Å²) in [4.78, 5) is 8.51. The number of rotatable bonds is 6. The first-order valence-corrected chi connectivity index (χ1v) is 8.93. The van der Waals surface area contributed by atoms with Crippen LogP contribution in [0.4, 0.5) is 14.5 Å². The van der Waals surface area contributed by atoms with E-state index >= 15 is 0 Å². The molecule has 0 saturated carbocycles. The second-order valence-corrected chi connectivity index (χ2v) is 6.79. The molecule has 1 aliphatic heterocycles. The first-order valence-electron chi connectivity index (χ1n) is 7.61. The molecule has 1 unspecified atom stereocenters. The number of methoxy groups -OCH3 is 2. The minimum atomic E-state index is -2.90. The number of fused-ring (bicyclic) bond motifs is 1. The highest BCUT2D eigenvalue weighted by molar-refractivity contribution is 8.00. The molecule has 9 heteroatoms. The maximum Gasteiger partial charge on any atom is 0.387 e. The molecule has 2 heterocycles. The third-order valence-electron chi connectivity index (χ3n) is 3.77. The third-order valence-corrected chi connectivity index (χ3v) is 5.06. The fourth-order valence-electron chi connectivity index (χ4n) is 2.60. The van der Waals surface area contributed by atoms with Gasteiger partial charge in [0.05, 0.1) is 42.2 Å². The van der Waals surface area contributed by atoms with E-state index in [-0.39, 0.29) is 18.9 Å². The van der Waals surface area contributed by atoms with Gasteiger partial charge in [-0.25, -0.2) is 4.99 Å². The topological polar surface area (TPSA) is 70.0 Å². The Morgan fingerprint density at radius 3 is 2.67 bits per heavy atom. The van der Waals surface area contributed by atoms with Gasteiger partial charge in [0.25, 0.3) is 0 Å². The van der Waals surface area contributed by atoms with E-state index in [9.17, 15) is 13.0 Å². The van der Waals surface area contributed by atoms with Crippen LogP contribution in [0.25, 0.3) is 0 Å². The van der Waals surface area contributed by atoms with E-state index < -0.39 is 17.4 Å². The molecule has 1 aromatic carbocycles. The summed E-state index contributed by atoms with van der Waals surface area (Å²) in [6, 6.07) is 6.15. The molecule has 0 spiro atoms. The van der Waals surface area contributed by atoms with Gasteiger partial charge >= 0.3 is 6.61 Å². The number of hydrogen-bond donors (Lipinski definition) is 0. The van der Waals surface area contributed by atoms with Crippen LogP contribution in [0.2, 0.25) is 0 Å². The minimum Gasteiger partial charge on any atom is -0.493 e. The van der Waals surface area contributed by atoms with Crippen LogP contribution < -0.4 is 14.2 Å². The van der Waals surface area contributed by atoms with E-state index in [1.807, 2.05) is 0 Å². The lowest BCUT2D eigenvalue weighted by atomic mass is 10.1. The molecule has 6 nitrogen and oxygen atoms in total. The molecule has 0 fully saturated rings. The van der Waals surface area contributed by atoms with E-state index in [4.69, 9.17) is 9.47 Å². The Morgan fingerprint density at radius 2 is 2.00 bits per heavy atom. The highest BCUT2D eigenvalue weighted by Gasteiger charge is 2.23. The summed E-state index contributed by atoms with van der Waals surface area (Å²) in [7, 11) is 1.55. The summed E-state index contributed by atoms with van der Waals surface area (Å²) in [5.74, 6) is 1.05. The minimum absolute atomic E-state index is 0. The lowest BCUT2D eigenvalue weighted by molar-refractivity contribution is -0.0498. The SMILES string of the molecule is C.COc1ccnc(CS(=O)C2=Nc3cc(OC(F)F)ccc3C2)c1OC. The second kappa shape index (κ2) is 8.90. The number of nitrogens with zero attached hydrogens (tertiary/aromatic N) is 2. The van der Waals surface area contributed by atoms with E-state index in [0.717, 1.165) is 5.56 Å². The Hall–Kier alpha value is -2.55. The van der Waals surface area contributed by atoms with Gasteiger partial charge in [-0.3, -0.25) is 9.19 Å². The predicted molar refractivity (Wildman–Crippen MR) is 99.8 cm³/mol. The number of ether oxygens (including phenoxy) is 3. The van der Waals surface area contributed by atoms with E-state index in [1.54, 1.807) is 18.3 Å². The Labute approximate surface area is 158 Å². The summed E-state index contributed by atoms with van der Waals surface area (Å²) in [6.07, 6.45) is 1.93. The quantitative estimate of drug-likeness (QED) is 0.739. The number of pyridine rings is 1. The summed E-state index contributed by atoms with van der Waals surface area (Å²) < 4.78 is 52.2. The van der Waals surface area contributed by atoms with Crippen molar-refractivity contribution in [1.29, 1.82) is 0 Å². The van der Waals surface area contributed by atoms with Crippen molar-refractivity contribution in [3.8, 4) is 17.2 Å². The van der Waals surface area contributed by atoms with Gasteiger partial charge in [-0.2, -0.15) is 8.78 Å². The van der Waals surface area contributed by atoms with Gasteiger partial charge in [-0.05, 0) is 11.6 Å². The number of hydrogen-bond acceptors (Lipinski definition) is 6. The van der Waals surface area contributed by atoms with Crippen molar-refractivity contribution in [2.24, 2.45) is 4.99 Å². The maximum absolute atomic E-state index is 12.7. The molecule has 0 aliphatic carbocycles. The molecule has 0 bridgehead atoms. The van der Waals surface area contributed by atoms with Crippen molar-refractivity contribution in [3.05, 3.63) is 41.7 Å². The molecule has 2 aromatic rings. The van der Waals surface area contributed by atoms with E-state index in [2.05, 4.69) is 14.7 Å². The molecule has 3 rings (SSSR count). The molecule has 27 heavy (non-hydrogen) atoms. The van der Waals surface area contributed by atoms with Crippen molar-refractivity contribution in [2.45, 2.75) is 26.2 Å². The normalized spacial score (nSPS) is 13.4. The van der Waals surface area contributed by atoms with Gasteiger partial charge < -0.3 is 14.2 Å². The molecule has 0 N–H and O–H groups in total. The fourth-order valence-corrected chi connectivity index (χ4v) is 3.74. The standard InChI is InChI=1S/C17H16F2N2O4S.CH4/c1-23-14-5-6-20-13(16(14)24-2)9-26(22)15-7-10-3-4-11(25-17(18)19)8-12(10)21-15;/h3-6,8,17H,7,9H2,1-2H3;1H4. The Kier molecular flexibility index (Phi) is 6.84. The second-order valence-electron chi connectivity index (χ2n) is 5.33. The van der Waals surface area contributed by atoms with Crippen LogP contribution in [0.5, 0.6) is 17.2 Å². The highest BCUT2D eigenvalue weighted by Crippen LogP contribution is 2.34. The van der Waals surface area contributed by atoms with Crippen LogP contribution in [0.3, 0.4) is 0 Å². The fraction of sp³-hybridized carbons (Fsp3) is 0.333. The van der Waals surface area contributed by atoms with Gasteiger partial charge in [0.2, 0.25) is 0 Å². The summed E-state index contributed by atoms with van der Waals surface area (Å²) in [5.41, 5.74) is 1.78. The van der Waals surface area contributed by atoms with Crippen molar-refractivity contribution >= 4 is 21.5 Å². The average molecular weight is 398 g/mol. The lowest BCUT2D eigenvalue weighted by Crippen LogP contribution is -2.11. The zero-order valence-corrected chi connectivity index (χ0v) is 14.9. The largest absolute Gasteiger partial charge is 0.493 e. The zero-order valence-electron chi connectivity index (χ0n) is 14.1. The van der Waals surface area contributed by atoms with Crippen LogP contribution >= 0.6 is 0 Å². The number of aliphatic imine (C=N–C) groups is 1. The molecular formula is C18H20F2N2O4S. The van der Waals surface area contributed by atoms with Crippen molar-refractivity contribution in [2.75, 3.05) is 14.2 Å². The van der Waals surface area contributed by atoms with Crippen LogP contribution in [-0.2, 0) is 23.0 Å². The highest BCUT2D eigenvalue weighted by atomic mass is 32.2. The van der Waals surface area contributed by atoms with Gasteiger partial charge in [0.15, 0.2) is 11.5 Å². The summed E-state index contributed by atoms with van der Waals surface area (Å²) >= 11 is 0. The Bertz CT molecular complexity index is 874. The van der Waals surface area contributed by atoms with Gasteiger partial charge in [-0.15, -0.1) is 0 Å². The molecule has 1 aliphatic rings. The maximum atomic E-state index is 12.7. The van der Waals surface area contributed by atoms with Crippen LogP contribution in [0.1, 0.15) is 18.7 Å². The molecular weight excluding hydrogens is 378 g/mol. The summed E-state index contributed by atoms with van der Waals surface area (Å²) in [5, 5.41) is 0.445. The predicted octanol–water partition coefficient (Wildman–Crippen LogP) is 3.87. The lowest BCUT2D eigenvalue weighted by Gasteiger charge is -2.11. The molecule has 0 saturated heterocycles. The van der Waals surface area contributed by atoms with Gasteiger partial charge in [0.1, 0.15) is 10.8 Å². The van der Waals surface area contributed by atoms with E-state index in [1.165, 1.54) is 26.4 Å². The molecule has 1 atom stereocenters. The molecule has 0 radical (unpaired) electrons. The van der Waals surface area contributed by atoms with Gasteiger partial charge in [0, 0.05) is 24.8 Å². The van der Waals surface area contributed by atoms with Crippen molar-refractivity contribution in [1.82, 2.24) is 4.98 Å². The number of halogens is 2. The number of alkyl halides is 2. The monoisotopic (exact) mass is 398 g/mol. The number of aromatic nitrogens is 1. The molecule has 0 amide bonds. The molecule has 146 valence electrons. The first-order chi connectivity index (χ1) is 12.5. The van der Waals surface area contributed by atoms with Crippen molar-refractivity contribution < 1.29 is 27.2 Å².